The van der Waals surface area contributed by atoms with Gasteiger partial charge in [-0.05, 0) is 31.9 Å². The number of anilines is 1. The van der Waals surface area contributed by atoms with E-state index in [0.29, 0.717) is 44.0 Å². The average molecular weight is 372 g/mol. The lowest BCUT2D eigenvalue weighted by atomic mass is 9.89. The van der Waals surface area contributed by atoms with Crippen molar-refractivity contribution in [1.29, 1.82) is 0 Å². The number of nitrogens with zero attached hydrogens (tertiary/aromatic N) is 1. The second-order valence-corrected chi connectivity index (χ2v) is 5.87. The van der Waals surface area contributed by atoms with E-state index in [0.717, 1.165) is 0 Å². The van der Waals surface area contributed by atoms with Crippen LogP contribution < -0.4 is 15.8 Å². The van der Waals surface area contributed by atoms with Gasteiger partial charge in [0, 0.05) is 31.5 Å². The summed E-state index contributed by atoms with van der Waals surface area (Å²) in [5.41, 5.74) is 5.91. The molecule has 1 aliphatic rings. The Morgan fingerprint density at radius 2 is 2.04 bits per heavy atom. The summed E-state index contributed by atoms with van der Waals surface area (Å²) < 4.78 is 10.4. The van der Waals surface area contributed by atoms with Gasteiger partial charge < -0.3 is 25.4 Å². The minimum Gasteiger partial charge on any atom is -0.497 e. The molecule has 1 aliphatic heterocycles. The number of ether oxygens (including phenoxy) is 2. The Morgan fingerprint density at radius 1 is 1.36 bits per heavy atom. The summed E-state index contributed by atoms with van der Waals surface area (Å²) in [6.07, 6.45) is 0.944. The Hall–Kier alpha value is -1.83. The predicted molar refractivity (Wildman–Crippen MR) is 98.1 cm³/mol. The monoisotopic (exact) mass is 371 g/mol. The number of carbonyl (C=O) groups is 2. The molecule has 8 heteroatoms. The number of amides is 2. The summed E-state index contributed by atoms with van der Waals surface area (Å²) in [6, 6.07) is 7.06. The topological polar surface area (TPSA) is 93.9 Å². The third kappa shape index (κ3) is 5.59. The highest BCUT2D eigenvalue weighted by atomic mass is 35.5. The zero-order chi connectivity index (χ0) is 17.6. The van der Waals surface area contributed by atoms with Gasteiger partial charge in [0.25, 0.3) is 0 Å². The number of nitrogens with one attached hydrogen (secondary N) is 1. The Balaban J connectivity index is 0.00000312. The van der Waals surface area contributed by atoms with Crippen molar-refractivity contribution >= 4 is 29.9 Å². The molecule has 0 bridgehead atoms. The molecule has 7 nitrogen and oxygen atoms in total. The first-order valence-corrected chi connectivity index (χ1v) is 8.08. The molecule has 1 fully saturated rings. The van der Waals surface area contributed by atoms with Crippen molar-refractivity contribution in [2.24, 2.45) is 5.73 Å². The van der Waals surface area contributed by atoms with Crippen LogP contribution in [0.5, 0.6) is 5.75 Å². The molecule has 3 N–H and O–H groups in total. The molecule has 1 aromatic rings. The number of hydrogen-bond donors (Lipinski definition) is 2. The van der Waals surface area contributed by atoms with Gasteiger partial charge in [0.15, 0.2) is 0 Å². The van der Waals surface area contributed by atoms with E-state index in [-0.39, 0.29) is 30.8 Å². The van der Waals surface area contributed by atoms with Crippen molar-refractivity contribution in [3.63, 3.8) is 0 Å². The first-order chi connectivity index (χ1) is 11.5. The molecular formula is C17H26ClN3O4. The molecule has 2 rings (SSSR count). The first-order valence-electron chi connectivity index (χ1n) is 8.08. The molecule has 0 atom stereocenters. The quantitative estimate of drug-likeness (QED) is 0.788. The van der Waals surface area contributed by atoms with Crippen LogP contribution in [0.25, 0.3) is 0 Å². The van der Waals surface area contributed by atoms with Crippen LogP contribution in [0.4, 0.5) is 5.69 Å². The summed E-state index contributed by atoms with van der Waals surface area (Å²) in [5, 5.41) is 2.77. The lowest BCUT2D eigenvalue weighted by molar-refractivity contribution is -0.142. The molecular weight excluding hydrogens is 346 g/mol. The summed E-state index contributed by atoms with van der Waals surface area (Å²) in [6.45, 7) is 3.15. The normalized spacial score (nSPS) is 15.6. The fourth-order valence-electron chi connectivity index (χ4n) is 2.67. The van der Waals surface area contributed by atoms with Crippen molar-refractivity contribution in [2.75, 3.05) is 38.7 Å². The number of carbonyl (C=O) groups excluding carboxylic acids is 2. The highest BCUT2D eigenvalue weighted by molar-refractivity contribution is 5.96. The van der Waals surface area contributed by atoms with Crippen molar-refractivity contribution in [3.8, 4) is 5.75 Å². The van der Waals surface area contributed by atoms with Crippen LogP contribution >= 0.6 is 12.4 Å². The number of likely N-dealkylation sites (N-methyl/N-ethyl adjacent to an activating group) is 1. The zero-order valence-corrected chi connectivity index (χ0v) is 15.4. The molecule has 0 spiro atoms. The van der Waals surface area contributed by atoms with Gasteiger partial charge in [-0.15, -0.1) is 12.4 Å². The molecule has 140 valence electrons. The van der Waals surface area contributed by atoms with Crippen LogP contribution in [0.15, 0.2) is 24.3 Å². The van der Waals surface area contributed by atoms with Gasteiger partial charge in [0.05, 0.1) is 19.2 Å². The average Bonchev–Trinajstić information content (AvgIpc) is 2.60. The number of rotatable bonds is 6. The van der Waals surface area contributed by atoms with Crippen molar-refractivity contribution in [1.82, 2.24) is 4.90 Å². The number of methoxy groups -OCH3 is 1. The van der Waals surface area contributed by atoms with Gasteiger partial charge in [-0.2, -0.15) is 0 Å². The molecule has 25 heavy (non-hydrogen) atoms. The van der Waals surface area contributed by atoms with Crippen molar-refractivity contribution < 1.29 is 19.1 Å². The molecule has 0 radical (unpaired) electrons. The van der Waals surface area contributed by atoms with Gasteiger partial charge in [0.2, 0.25) is 11.8 Å². The maximum Gasteiger partial charge on any atom is 0.243 e. The fourth-order valence-corrected chi connectivity index (χ4v) is 2.67. The third-order valence-electron chi connectivity index (χ3n) is 4.17. The number of nitrogens with two attached hydrogens (primary N) is 1. The molecule has 1 aromatic carbocycles. The van der Waals surface area contributed by atoms with Crippen LogP contribution in [0.3, 0.4) is 0 Å². The standard InChI is InChI=1S/C17H25N3O4.ClH/c1-3-20(16(22)17(18)7-9-24-10-8-17)12-15(21)19-13-5-4-6-14(11-13)23-2;/h4-6,11H,3,7-10,12,18H2,1-2H3,(H,19,21);1H. The van der Waals surface area contributed by atoms with Crippen molar-refractivity contribution in [3.05, 3.63) is 24.3 Å². The zero-order valence-electron chi connectivity index (χ0n) is 14.6. The van der Waals surface area contributed by atoms with Crippen molar-refractivity contribution in [2.45, 2.75) is 25.3 Å². The molecule has 0 aliphatic carbocycles. The van der Waals surface area contributed by atoms with E-state index >= 15 is 0 Å². The van der Waals surface area contributed by atoms with Gasteiger partial charge >= 0.3 is 0 Å². The summed E-state index contributed by atoms with van der Waals surface area (Å²) in [4.78, 5) is 26.4. The smallest absolute Gasteiger partial charge is 0.243 e. The second-order valence-electron chi connectivity index (χ2n) is 5.87. The Labute approximate surface area is 154 Å². The molecule has 2 amide bonds. The van der Waals surface area contributed by atoms with Crippen LogP contribution in [0, 0.1) is 0 Å². The first kappa shape index (κ1) is 21.2. The molecule has 1 saturated heterocycles. The largest absolute Gasteiger partial charge is 0.497 e. The lowest BCUT2D eigenvalue weighted by Crippen LogP contribution is -2.59. The van der Waals surface area contributed by atoms with Gasteiger partial charge in [-0.25, -0.2) is 0 Å². The van der Waals surface area contributed by atoms with Gasteiger partial charge in [-0.1, -0.05) is 6.07 Å². The highest BCUT2D eigenvalue weighted by Gasteiger charge is 2.38. The maximum atomic E-state index is 12.7. The summed E-state index contributed by atoms with van der Waals surface area (Å²) in [5.74, 6) is 0.183. The Kier molecular flexibility index (Phi) is 8.15. The molecule has 0 unspecified atom stereocenters. The SMILES string of the molecule is CCN(CC(=O)Nc1cccc(OC)c1)C(=O)C1(N)CCOCC1.Cl. The number of benzene rings is 1. The summed E-state index contributed by atoms with van der Waals surface area (Å²) in [7, 11) is 1.56. The third-order valence-corrected chi connectivity index (χ3v) is 4.17. The maximum absolute atomic E-state index is 12.7. The minimum absolute atomic E-state index is 0. The molecule has 1 heterocycles. The van der Waals surface area contributed by atoms with Crippen LogP contribution in [-0.2, 0) is 14.3 Å². The van der Waals surface area contributed by atoms with Crippen LogP contribution in [-0.4, -0.2) is 55.7 Å². The highest BCUT2D eigenvalue weighted by Crippen LogP contribution is 2.21. The fraction of sp³-hybridized carbons (Fsp3) is 0.529. The summed E-state index contributed by atoms with van der Waals surface area (Å²) >= 11 is 0. The van der Waals surface area contributed by atoms with E-state index in [1.807, 2.05) is 6.92 Å². The van der Waals surface area contributed by atoms with E-state index in [4.69, 9.17) is 15.2 Å². The lowest BCUT2D eigenvalue weighted by Gasteiger charge is -2.36. The van der Waals surface area contributed by atoms with E-state index in [1.54, 1.807) is 31.4 Å². The van der Waals surface area contributed by atoms with Gasteiger partial charge in [-0.3, -0.25) is 9.59 Å². The van der Waals surface area contributed by atoms with E-state index in [2.05, 4.69) is 5.32 Å². The van der Waals surface area contributed by atoms with E-state index < -0.39 is 5.54 Å². The van der Waals surface area contributed by atoms with E-state index in [1.165, 1.54) is 4.90 Å². The molecule has 0 aromatic heterocycles. The van der Waals surface area contributed by atoms with Gasteiger partial charge in [0.1, 0.15) is 5.75 Å². The van der Waals surface area contributed by atoms with Crippen LogP contribution in [0.1, 0.15) is 19.8 Å². The molecule has 0 saturated carbocycles. The Morgan fingerprint density at radius 3 is 2.64 bits per heavy atom. The number of halogens is 1. The van der Waals surface area contributed by atoms with Crippen LogP contribution in [0.2, 0.25) is 0 Å². The second kappa shape index (κ2) is 9.60. The predicted octanol–water partition coefficient (Wildman–Crippen LogP) is 1.41. The number of hydrogen-bond acceptors (Lipinski definition) is 5. The van der Waals surface area contributed by atoms with E-state index in [9.17, 15) is 9.59 Å². The Bertz CT molecular complexity index is 591. The minimum atomic E-state index is -0.940.